The minimum absolute atomic E-state index is 0.179. The largest absolute Gasteiger partial charge is 0.490 e. The first-order valence-electron chi connectivity index (χ1n) is 7.51. The molecule has 1 aliphatic rings. The Morgan fingerprint density at radius 3 is 2.67 bits per heavy atom. The van der Waals surface area contributed by atoms with Gasteiger partial charge in [-0.05, 0) is 31.5 Å². The number of ether oxygens (including phenoxy) is 4. The molecule has 2 N–H and O–H groups in total. The Morgan fingerprint density at radius 1 is 1.14 bits per heavy atom. The quantitative estimate of drug-likeness (QED) is 0.782. The van der Waals surface area contributed by atoms with Crippen LogP contribution in [0.2, 0.25) is 0 Å². The lowest BCUT2D eigenvalue weighted by Crippen LogP contribution is -2.19. The summed E-state index contributed by atoms with van der Waals surface area (Å²) in [4.78, 5) is 0. The van der Waals surface area contributed by atoms with Gasteiger partial charge in [0.15, 0.2) is 11.5 Å². The van der Waals surface area contributed by atoms with E-state index in [0.717, 1.165) is 23.5 Å². The van der Waals surface area contributed by atoms with Crippen molar-refractivity contribution >= 4 is 0 Å². The lowest BCUT2D eigenvalue weighted by molar-refractivity contribution is 0.0161. The summed E-state index contributed by atoms with van der Waals surface area (Å²) in [5, 5.41) is 0. The molecule has 1 aromatic rings. The van der Waals surface area contributed by atoms with Crippen LogP contribution in [0.5, 0.6) is 11.5 Å². The molecule has 0 saturated heterocycles. The van der Waals surface area contributed by atoms with Crippen LogP contribution in [0.3, 0.4) is 0 Å². The molecule has 0 aromatic heterocycles. The summed E-state index contributed by atoms with van der Waals surface area (Å²) < 4.78 is 22.2. The van der Waals surface area contributed by atoms with Crippen LogP contribution < -0.4 is 15.2 Å². The van der Waals surface area contributed by atoms with Gasteiger partial charge in [-0.1, -0.05) is 6.07 Å². The van der Waals surface area contributed by atoms with E-state index in [1.54, 1.807) is 0 Å². The Morgan fingerprint density at radius 2 is 1.90 bits per heavy atom. The zero-order chi connectivity index (χ0) is 15.1. The van der Waals surface area contributed by atoms with Gasteiger partial charge >= 0.3 is 0 Å². The maximum atomic E-state index is 6.15. The molecule has 1 unspecified atom stereocenters. The molecule has 1 atom stereocenters. The van der Waals surface area contributed by atoms with Crippen LogP contribution in [0.25, 0.3) is 0 Å². The topological polar surface area (TPSA) is 62.9 Å². The standard InChI is InChI=1S/C16H25NO4/c1-12(2)19-9-8-18-11-14(17)13-4-5-15-16(10-13)21-7-3-6-20-15/h4-5,10,12,14H,3,6-9,11,17H2,1-2H3. The minimum Gasteiger partial charge on any atom is -0.490 e. The van der Waals surface area contributed by atoms with Crippen molar-refractivity contribution < 1.29 is 18.9 Å². The molecule has 5 heteroatoms. The average Bonchev–Trinajstić information content (AvgIpc) is 2.70. The molecule has 118 valence electrons. The molecule has 0 aliphatic carbocycles. The average molecular weight is 295 g/mol. The van der Waals surface area contributed by atoms with E-state index in [2.05, 4.69) is 0 Å². The van der Waals surface area contributed by atoms with Gasteiger partial charge in [0.05, 0.1) is 45.2 Å². The maximum absolute atomic E-state index is 6.15. The molecule has 0 bridgehead atoms. The zero-order valence-electron chi connectivity index (χ0n) is 12.8. The van der Waals surface area contributed by atoms with Crippen molar-refractivity contribution in [3.8, 4) is 11.5 Å². The van der Waals surface area contributed by atoms with E-state index in [-0.39, 0.29) is 12.1 Å². The fourth-order valence-electron chi connectivity index (χ4n) is 2.06. The van der Waals surface area contributed by atoms with Crippen LogP contribution >= 0.6 is 0 Å². The second-order valence-corrected chi connectivity index (χ2v) is 5.36. The van der Waals surface area contributed by atoms with Gasteiger partial charge in [-0.2, -0.15) is 0 Å². The Bertz CT molecular complexity index is 436. The van der Waals surface area contributed by atoms with E-state index in [1.165, 1.54) is 0 Å². The summed E-state index contributed by atoms with van der Waals surface area (Å²) in [6.07, 6.45) is 1.12. The van der Waals surface area contributed by atoms with Crippen LogP contribution in [-0.2, 0) is 9.47 Å². The van der Waals surface area contributed by atoms with Gasteiger partial charge in [-0.25, -0.2) is 0 Å². The Hall–Kier alpha value is -1.30. The second-order valence-electron chi connectivity index (χ2n) is 5.36. The first kappa shape index (κ1) is 16.1. The van der Waals surface area contributed by atoms with Crippen molar-refractivity contribution in [1.29, 1.82) is 0 Å². The third-order valence-electron chi connectivity index (χ3n) is 3.18. The van der Waals surface area contributed by atoms with E-state index in [0.29, 0.717) is 33.0 Å². The van der Waals surface area contributed by atoms with Crippen LogP contribution in [0.1, 0.15) is 31.9 Å². The van der Waals surface area contributed by atoms with Gasteiger partial charge in [-0.15, -0.1) is 0 Å². The van der Waals surface area contributed by atoms with Crippen molar-refractivity contribution in [2.45, 2.75) is 32.4 Å². The Labute approximate surface area is 126 Å². The lowest BCUT2D eigenvalue weighted by Gasteiger charge is -2.15. The predicted molar refractivity (Wildman–Crippen MR) is 80.9 cm³/mol. The highest BCUT2D eigenvalue weighted by Gasteiger charge is 2.14. The van der Waals surface area contributed by atoms with E-state index in [1.807, 2.05) is 32.0 Å². The summed E-state index contributed by atoms with van der Waals surface area (Å²) >= 11 is 0. The van der Waals surface area contributed by atoms with Crippen molar-refractivity contribution in [2.24, 2.45) is 5.73 Å². The van der Waals surface area contributed by atoms with E-state index in [9.17, 15) is 0 Å². The molecule has 1 heterocycles. The molecule has 0 amide bonds. The van der Waals surface area contributed by atoms with Crippen LogP contribution in [0.4, 0.5) is 0 Å². The van der Waals surface area contributed by atoms with Crippen LogP contribution in [0, 0.1) is 0 Å². The summed E-state index contributed by atoms with van der Waals surface area (Å²) in [5.74, 6) is 1.55. The number of fused-ring (bicyclic) bond motifs is 1. The van der Waals surface area contributed by atoms with E-state index >= 15 is 0 Å². The monoisotopic (exact) mass is 295 g/mol. The molecule has 1 aromatic carbocycles. The Kier molecular flexibility index (Phi) is 6.29. The Balaban J connectivity index is 1.82. The molecule has 1 aliphatic heterocycles. The van der Waals surface area contributed by atoms with Crippen molar-refractivity contribution in [2.75, 3.05) is 33.0 Å². The minimum atomic E-state index is -0.179. The molecule has 0 spiro atoms. The molecule has 2 rings (SSSR count). The zero-order valence-corrected chi connectivity index (χ0v) is 12.8. The first-order valence-corrected chi connectivity index (χ1v) is 7.51. The van der Waals surface area contributed by atoms with Gasteiger partial charge in [0.25, 0.3) is 0 Å². The predicted octanol–water partition coefficient (Wildman–Crippen LogP) is 2.29. The number of hydrogen-bond acceptors (Lipinski definition) is 5. The summed E-state index contributed by atoms with van der Waals surface area (Å²) in [5.41, 5.74) is 7.14. The second kappa shape index (κ2) is 8.22. The molecule has 0 radical (unpaired) electrons. The van der Waals surface area contributed by atoms with E-state index in [4.69, 9.17) is 24.7 Å². The number of hydrogen-bond donors (Lipinski definition) is 1. The third kappa shape index (κ3) is 5.19. The van der Waals surface area contributed by atoms with Crippen LogP contribution in [0.15, 0.2) is 18.2 Å². The number of nitrogens with two attached hydrogens (primary N) is 1. The molecule has 0 fully saturated rings. The summed E-state index contributed by atoms with van der Waals surface area (Å²) in [6.45, 7) is 6.97. The van der Waals surface area contributed by atoms with E-state index < -0.39 is 0 Å². The van der Waals surface area contributed by atoms with Crippen molar-refractivity contribution in [3.63, 3.8) is 0 Å². The summed E-state index contributed by atoms with van der Waals surface area (Å²) in [6, 6.07) is 5.64. The fraction of sp³-hybridized carbons (Fsp3) is 0.625. The molecule has 5 nitrogen and oxygen atoms in total. The first-order chi connectivity index (χ1) is 10.2. The highest BCUT2D eigenvalue weighted by atomic mass is 16.5. The van der Waals surface area contributed by atoms with Gasteiger partial charge in [0.2, 0.25) is 0 Å². The van der Waals surface area contributed by atoms with Gasteiger partial charge in [0.1, 0.15) is 0 Å². The highest BCUT2D eigenvalue weighted by molar-refractivity contribution is 5.44. The smallest absolute Gasteiger partial charge is 0.161 e. The van der Waals surface area contributed by atoms with Gasteiger partial charge in [-0.3, -0.25) is 0 Å². The normalized spacial score (nSPS) is 15.8. The lowest BCUT2D eigenvalue weighted by atomic mass is 10.1. The SMILES string of the molecule is CC(C)OCCOCC(N)c1ccc2c(c1)OCCCO2. The fourth-order valence-corrected chi connectivity index (χ4v) is 2.06. The van der Waals surface area contributed by atoms with Gasteiger partial charge in [0, 0.05) is 6.42 Å². The van der Waals surface area contributed by atoms with Crippen molar-refractivity contribution in [1.82, 2.24) is 0 Å². The summed E-state index contributed by atoms with van der Waals surface area (Å²) in [7, 11) is 0. The molecular formula is C16H25NO4. The highest BCUT2D eigenvalue weighted by Crippen LogP contribution is 2.31. The van der Waals surface area contributed by atoms with Crippen molar-refractivity contribution in [3.05, 3.63) is 23.8 Å². The third-order valence-corrected chi connectivity index (χ3v) is 3.18. The van der Waals surface area contributed by atoms with Crippen LogP contribution in [-0.4, -0.2) is 39.1 Å². The van der Waals surface area contributed by atoms with Gasteiger partial charge < -0.3 is 24.7 Å². The number of rotatable bonds is 7. The maximum Gasteiger partial charge on any atom is 0.161 e. The molecule has 0 saturated carbocycles. The molecule has 21 heavy (non-hydrogen) atoms. The molecular weight excluding hydrogens is 270 g/mol. The number of benzene rings is 1.